The molecule has 63 heavy (non-hydrogen) atoms. The number of nitrogens with one attached hydrogen (secondary N) is 1. The average Bonchev–Trinajstić information content (AvgIpc) is 3.18. The molecule has 2 aromatic rings. The molecule has 1 fully saturated rings. The predicted molar refractivity (Wildman–Crippen MR) is 255 cm³/mol. The Morgan fingerprint density at radius 2 is 1.40 bits per heavy atom. The number of carboxylic acids is 1. The molecule has 0 aromatic heterocycles. The number of hydrogen-bond donors (Lipinski definition) is 5. The molecule has 5 N–H and O–H groups in total. The number of anilines is 1. The molecule has 6 atom stereocenters. The number of rotatable bonds is 19. The largest absolute Gasteiger partial charge is 0.508 e. The van der Waals surface area contributed by atoms with Crippen molar-refractivity contribution in [3.05, 3.63) is 70.4 Å². The fourth-order valence-corrected chi connectivity index (χ4v) is 10.4. The Morgan fingerprint density at radius 3 is 1.94 bits per heavy atom. The van der Waals surface area contributed by atoms with Crippen molar-refractivity contribution in [2.75, 3.05) is 46.1 Å². The van der Waals surface area contributed by atoms with E-state index in [0.29, 0.717) is 45.3 Å². The molecule has 0 bridgehead atoms. The Kier molecular flexibility index (Phi) is 19.2. The van der Waals surface area contributed by atoms with Gasteiger partial charge in [-0.1, -0.05) is 44.3 Å². The quantitative estimate of drug-likeness (QED) is 0.0336. The number of aromatic hydroxyl groups is 1. The topological polar surface area (TPSA) is 211 Å². The fraction of sp³-hybridized carbons (Fsp3) is 0.511. The molecular formula is C45H61NO13P2S2. The van der Waals surface area contributed by atoms with Gasteiger partial charge in [0.1, 0.15) is 17.1 Å². The molecule has 2 aromatic carbocycles. The number of phenolic OH excluding ortho intramolecular Hbond substituents is 1. The van der Waals surface area contributed by atoms with Crippen LogP contribution in [0.4, 0.5) is 5.69 Å². The van der Waals surface area contributed by atoms with E-state index in [0.717, 1.165) is 29.8 Å². The summed E-state index contributed by atoms with van der Waals surface area (Å²) >= 11 is 11.2. The first-order valence-electron chi connectivity index (χ1n) is 20.8. The minimum Gasteiger partial charge on any atom is -0.508 e. The minimum absolute atomic E-state index is 0.0238. The third-order valence-electron chi connectivity index (χ3n) is 11.4. The van der Waals surface area contributed by atoms with Gasteiger partial charge >= 0.3 is 21.2 Å². The van der Waals surface area contributed by atoms with Crippen LogP contribution >= 0.6 is 39.6 Å². The normalized spacial score (nSPS) is 19.2. The molecule has 3 aliphatic rings. The van der Waals surface area contributed by atoms with E-state index in [4.69, 9.17) is 47.4 Å². The first kappa shape index (κ1) is 52.2. The summed E-state index contributed by atoms with van der Waals surface area (Å²) in [6, 6.07) is 13.5. The number of ether oxygens (including phenoxy) is 2. The Morgan fingerprint density at radius 1 is 0.825 bits per heavy atom. The van der Waals surface area contributed by atoms with E-state index >= 15 is 0 Å². The zero-order valence-electron chi connectivity index (χ0n) is 37.1. The van der Waals surface area contributed by atoms with Gasteiger partial charge in [0.2, 0.25) is 0 Å². The highest BCUT2D eigenvalue weighted by atomic mass is 32.1. The number of hydrogen-bond acceptors (Lipinski definition) is 12. The molecule has 18 heteroatoms. The summed E-state index contributed by atoms with van der Waals surface area (Å²) in [5.74, 6) is 0.779. The van der Waals surface area contributed by atoms with E-state index < -0.39 is 27.3 Å². The molecule has 346 valence electrons. The zero-order chi connectivity index (χ0) is 46.8. The van der Waals surface area contributed by atoms with E-state index in [1.54, 1.807) is 38.3 Å². The monoisotopic (exact) mass is 949 g/mol. The van der Waals surface area contributed by atoms with E-state index in [2.05, 4.69) is 19.2 Å². The van der Waals surface area contributed by atoms with Gasteiger partial charge in [0.05, 0.1) is 36.0 Å². The summed E-state index contributed by atoms with van der Waals surface area (Å²) in [6.45, 7) is 11.1. The van der Waals surface area contributed by atoms with Crippen LogP contribution in [0, 0.1) is 29.6 Å². The summed E-state index contributed by atoms with van der Waals surface area (Å²) in [6.07, 6.45) is 4.85. The van der Waals surface area contributed by atoms with Crippen molar-refractivity contribution in [2.45, 2.75) is 78.4 Å². The number of methoxy groups -OCH3 is 2. The molecule has 14 nitrogen and oxygen atoms in total. The summed E-state index contributed by atoms with van der Waals surface area (Å²) in [4.78, 5) is 44.9. The lowest BCUT2D eigenvalue weighted by Crippen LogP contribution is -2.30. The van der Waals surface area contributed by atoms with Crippen LogP contribution in [0.15, 0.2) is 63.8 Å². The second-order valence-corrected chi connectivity index (χ2v) is 21.5. The number of carboxylic acid groups (broad SMARTS) is 1. The lowest BCUT2D eigenvalue weighted by molar-refractivity contribution is 0.0692. The Labute approximate surface area is 380 Å². The van der Waals surface area contributed by atoms with Gasteiger partial charge in [0.15, 0.2) is 5.43 Å². The molecule has 1 aliphatic heterocycles. The third kappa shape index (κ3) is 15.6. The third-order valence-corrected chi connectivity index (χ3v) is 13.6. The van der Waals surface area contributed by atoms with Crippen LogP contribution in [-0.4, -0.2) is 88.8 Å². The second kappa shape index (κ2) is 23.2. The molecule has 1 heterocycles. The highest BCUT2D eigenvalue weighted by Crippen LogP contribution is 2.44. The smallest absolute Gasteiger partial charge is 0.336 e. The molecule has 2 aliphatic carbocycles. The lowest BCUT2D eigenvalue weighted by atomic mass is 9.75. The summed E-state index contributed by atoms with van der Waals surface area (Å²) in [7, 11) is -4.08. The molecule has 1 saturated carbocycles. The maximum atomic E-state index is 12.4. The SMILES string of the molecule is COC[C@H](CC(=S)C1CCC(C(C)C)CC1)[C@H](C)OP(C)(=O)O.COC[C@H](CC(=S)Nc1ccc(-c2c3ccc(=O)cc-3oc3cc(O)ccc23)c(C(=O)O)c1)[C@H](C)OP(C)(=O)O. The van der Waals surface area contributed by atoms with Crippen molar-refractivity contribution in [3.8, 4) is 28.2 Å². The van der Waals surface area contributed by atoms with E-state index in [9.17, 15) is 38.7 Å². The first-order valence-corrected chi connectivity index (χ1v) is 25.7. The van der Waals surface area contributed by atoms with Gasteiger partial charge in [0, 0.05) is 80.1 Å². The van der Waals surface area contributed by atoms with Crippen LogP contribution in [0.25, 0.3) is 33.4 Å². The van der Waals surface area contributed by atoms with E-state index in [1.807, 2.05) is 6.92 Å². The first-order chi connectivity index (χ1) is 29.5. The molecule has 2 unspecified atom stereocenters. The summed E-state index contributed by atoms with van der Waals surface area (Å²) < 4.78 is 50.0. The summed E-state index contributed by atoms with van der Waals surface area (Å²) in [5, 5.41) is 23.7. The van der Waals surface area contributed by atoms with Crippen molar-refractivity contribution >= 4 is 72.1 Å². The number of benzene rings is 3. The van der Waals surface area contributed by atoms with Crippen molar-refractivity contribution in [1.29, 1.82) is 0 Å². The maximum absolute atomic E-state index is 12.4. The Bertz CT molecular complexity index is 2330. The highest BCUT2D eigenvalue weighted by Gasteiger charge is 2.31. The van der Waals surface area contributed by atoms with Gasteiger partial charge in [-0.3, -0.25) is 13.9 Å². The minimum atomic E-state index is -3.73. The van der Waals surface area contributed by atoms with Crippen LogP contribution in [0.5, 0.6) is 5.75 Å². The van der Waals surface area contributed by atoms with Crippen LogP contribution in [0.2, 0.25) is 0 Å². The lowest BCUT2D eigenvalue weighted by Gasteiger charge is -2.33. The maximum Gasteiger partial charge on any atom is 0.336 e. The summed E-state index contributed by atoms with van der Waals surface area (Å²) in [5.41, 5.74) is 1.84. The highest BCUT2D eigenvalue weighted by molar-refractivity contribution is 7.80. The van der Waals surface area contributed by atoms with Crippen LogP contribution < -0.4 is 10.7 Å². The fourth-order valence-electron chi connectivity index (χ4n) is 8.09. The number of thiocarbonyl (C=S) groups is 2. The molecular weight excluding hydrogens is 889 g/mol. The van der Waals surface area contributed by atoms with Gasteiger partial charge in [-0.05, 0) is 111 Å². The standard InChI is InChI=1S/C28H28NO9PS.C17H33O4PS/c1-15(38-39(3,34)35)16(14-36-2)10-26(40)29-17-4-7-20(23(11-17)28(32)33)27-21-8-5-18(30)12-24(21)37-25-13-19(31)6-9-22(25)27;1-12(2)14-6-8-15(9-7-14)17(23)10-16(11-20-4)13(3)21-22(5,18)19/h4-9,11-13,15-16,30H,10,14H2,1-3H3,(H,29,40)(H,32,33)(H,34,35);12-16H,6-11H2,1-5H3,(H,18,19)/t15-,16-;13-,14?,15?,16-/m00/s1. The van der Waals surface area contributed by atoms with E-state index in [-0.39, 0.29) is 59.1 Å². The number of phenols is 1. The van der Waals surface area contributed by atoms with Gasteiger partial charge in [0.25, 0.3) is 0 Å². The molecule has 0 amide bonds. The molecule has 0 spiro atoms. The average molecular weight is 950 g/mol. The van der Waals surface area contributed by atoms with Crippen molar-refractivity contribution in [2.24, 2.45) is 29.6 Å². The molecule has 0 saturated heterocycles. The Balaban J connectivity index is 0.000000323. The molecule has 0 radical (unpaired) electrons. The number of carbonyl (C=O) groups is 1. The van der Waals surface area contributed by atoms with Gasteiger partial charge in [-0.25, -0.2) is 4.79 Å². The predicted octanol–water partition coefficient (Wildman–Crippen LogP) is 10.3. The Hall–Kier alpha value is -3.40. The molecule has 5 rings (SSSR count). The second-order valence-electron chi connectivity index (χ2n) is 16.8. The van der Waals surface area contributed by atoms with Crippen molar-refractivity contribution in [3.63, 3.8) is 0 Å². The van der Waals surface area contributed by atoms with Gasteiger partial charge < -0.3 is 48.3 Å². The zero-order valence-corrected chi connectivity index (χ0v) is 40.5. The number of aromatic carboxylic acids is 1. The van der Waals surface area contributed by atoms with E-state index in [1.165, 1.54) is 69.8 Å². The van der Waals surface area contributed by atoms with Gasteiger partial charge in [-0.2, -0.15) is 0 Å². The number of fused-ring (bicyclic) bond motifs is 2. The van der Waals surface area contributed by atoms with Gasteiger partial charge in [-0.15, -0.1) is 0 Å². The van der Waals surface area contributed by atoms with Crippen LogP contribution in [0.1, 0.15) is 76.6 Å². The van der Waals surface area contributed by atoms with Crippen LogP contribution in [0.3, 0.4) is 0 Å². The van der Waals surface area contributed by atoms with Crippen molar-refractivity contribution < 1.29 is 56.9 Å². The van der Waals surface area contributed by atoms with Crippen molar-refractivity contribution in [1.82, 2.24) is 0 Å². The van der Waals surface area contributed by atoms with Crippen LogP contribution in [-0.2, 0) is 27.7 Å².